The van der Waals surface area contributed by atoms with Gasteiger partial charge in [-0.1, -0.05) is 13.0 Å². The molecule has 112 valence electrons. The second-order valence-corrected chi connectivity index (χ2v) is 5.97. The molecule has 0 aliphatic rings. The lowest BCUT2D eigenvalue weighted by atomic mass is 10.1. The van der Waals surface area contributed by atoms with Crippen LogP contribution in [0.2, 0.25) is 0 Å². The number of benzene rings is 1. The van der Waals surface area contributed by atoms with Crippen molar-refractivity contribution in [1.29, 1.82) is 0 Å². The molecule has 0 aliphatic carbocycles. The fourth-order valence-electron chi connectivity index (χ4n) is 2.01. The van der Waals surface area contributed by atoms with Crippen LogP contribution in [0.1, 0.15) is 47.1 Å². The Morgan fingerprint density at radius 3 is 2.76 bits per heavy atom. The Bertz CT molecular complexity index is 636. The summed E-state index contributed by atoms with van der Waals surface area (Å²) in [7, 11) is 0. The first-order valence-corrected chi connectivity index (χ1v) is 7.96. The number of carbonyl (C=O) groups is 1. The van der Waals surface area contributed by atoms with Crippen molar-refractivity contribution in [3.63, 3.8) is 0 Å². The number of rotatable bonds is 5. The minimum Gasteiger partial charge on any atom is -0.309 e. The van der Waals surface area contributed by atoms with E-state index in [4.69, 9.17) is 0 Å². The van der Waals surface area contributed by atoms with Crippen LogP contribution in [0.4, 0.5) is 5.13 Å². The van der Waals surface area contributed by atoms with Crippen LogP contribution in [0.25, 0.3) is 0 Å². The summed E-state index contributed by atoms with van der Waals surface area (Å²) in [6.45, 7) is 9.06. The van der Waals surface area contributed by atoms with Crippen LogP contribution in [0, 0.1) is 13.8 Å². The third-order valence-corrected chi connectivity index (χ3v) is 4.24. The Morgan fingerprint density at radius 1 is 1.33 bits per heavy atom. The number of nitrogens with one attached hydrogen (secondary N) is 2. The molecule has 0 bridgehead atoms. The molecule has 0 saturated carbocycles. The minimum absolute atomic E-state index is 0.116. The van der Waals surface area contributed by atoms with E-state index in [1.165, 1.54) is 16.9 Å². The van der Waals surface area contributed by atoms with Crippen molar-refractivity contribution in [3.8, 4) is 0 Å². The zero-order valence-electron chi connectivity index (χ0n) is 12.9. The maximum atomic E-state index is 12.2. The fourth-order valence-corrected chi connectivity index (χ4v) is 2.80. The average Bonchev–Trinajstić information content (AvgIpc) is 2.90. The number of amides is 1. The standard InChI is InChI=1S/C16H21N3OS/c1-5-17-12(4)14-9-21-16(18-14)19-15(20)13-7-6-10(2)11(3)8-13/h6-9,12,17H,5H2,1-4H3,(H,18,19,20). The van der Waals surface area contributed by atoms with Crippen molar-refractivity contribution in [1.82, 2.24) is 10.3 Å². The molecule has 1 amide bonds. The van der Waals surface area contributed by atoms with Gasteiger partial charge in [0.1, 0.15) is 0 Å². The Labute approximate surface area is 129 Å². The van der Waals surface area contributed by atoms with Crippen LogP contribution in [-0.4, -0.2) is 17.4 Å². The van der Waals surface area contributed by atoms with Gasteiger partial charge < -0.3 is 5.32 Å². The predicted octanol–water partition coefficient (Wildman–Crippen LogP) is 3.68. The van der Waals surface area contributed by atoms with Crippen molar-refractivity contribution >= 4 is 22.4 Å². The Morgan fingerprint density at radius 2 is 2.10 bits per heavy atom. The molecule has 0 radical (unpaired) electrons. The third-order valence-electron chi connectivity index (χ3n) is 3.47. The van der Waals surface area contributed by atoms with Gasteiger partial charge in [0, 0.05) is 17.0 Å². The second-order valence-electron chi connectivity index (χ2n) is 5.11. The molecular weight excluding hydrogens is 282 g/mol. The summed E-state index contributed by atoms with van der Waals surface area (Å²) < 4.78 is 0. The van der Waals surface area contributed by atoms with E-state index in [1.54, 1.807) is 0 Å². The molecular formula is C16H21N3OS. The van der Waals surface area contributed by atoms with Gasteiger partial charge in [-0.05, 0) is 50.6 Å². The summed E-state index contributed by atoms with van der Waals surface area (Å²) in [6.07, 6.45) is 0. The van der Waals surface area contributed by atoms with Crippen LogP contribution >= 0.6 is 11.3 Å². The van der Waals surface area contributed by atoms with Gasteiger partial charge in [0.2, 0.25) is 0 Å². The van der Waals surface area contributed by atoms with E-state index >= 15 is 0 Å². The average molecular weight is 303 g/mol. The predicted molar refractivity (Wildman–Crippen MR) is 88.1 cm³/mol. The molecule has 4 nitrogen and oxygen atoms in total. The molecule has 1 unspecified atom stereocenters. The summed E-state index contributed by atoms with van der Waals surface area (Å²) in [5.74, 6) is -0.116. The van der Waals surface area contributed by atoms with E-state index in [9.17, 15) is 4.79 Å². The second kappa shape index (κ2) is 6.83. The Balaban J connectivity index is 2.07. The van der Waals surface area contributed by atoms with Crippen molar-refractivity contribution in [2.45, 2.75) is 33.7 Å². The van der Waals surface area contributed by atoms with Crippen molar-refractivity contribution in [2.75, 3.05) is 11.9 Å². The summed E-state index contributed by atoms with van der Waals surface area (Å²) in [5, 5.41) is 8.78. The largest absolute Gasteiger partial charge is 0.309 e. The fraction of sp³-hybridized carbons (Fsp3) is 0.375. The summed E-state index contributed by atoms with van der Waals surface area (Å²) in [5.41, 5.74) is 3.91. The Kier molecular flexibility index (Phi) is 5.09. The molecule has 0 aliphatic heterocycles. The first-order chi connectivity index (χ1) is 10.0. The third kappa shape index (κ3) is 3.89. The van der Waals surface area contributed by atoms with E-state index in [1.807, 2.05) is 37.4 Å². The molecule has 1 aromatic carbocycles. The van der Waals surface area contributed by atoms with E-state index in [-0.39, 0.29) is 11.9 Å². The number of hydrogen-bond acceptors (Lipinski definition) is 4. The molecule has 2 rings (SSSR count). The van der Waals surface area contributed by atoms with Gasteiger partial charge in [-0.2, -0.15) is 0 Å². The van der Waals surface area contributed by atoms with Gasteiger partial charge in [0.15, 0.2) is 5.13 Å². The number of carbonyl (C=O) groups excluding carboxylic acids is 1. The van der Waals surface area contributed by atoms with Gasteiger partial charge in [-0.3, -0.25) is 10.1 Å². The molecule has 0 spiro atoms. The first kappa shape index (κ1) is 15.7. The smallest absolute Gasteiger partial charge is 0.257 e. The lowest BCUT2D eigenvalue weighted by Gasteiger charge is -2.08. The van der Waals surface area contributed by atoms with Crippen molar-refractivity contribution in [3.05, 3.63) is 46.0 Å². The quantitative estimate of drug-likeness (QED) is 0.886. The van der Waals surface area contributed by atoms with Gasteiger partial charge in [-0.15, -0.1) is 11.3 Å². The molecule has 2 N–H and O–H groups in total. The van der Waals surface area contributed by atoms with Crippen LogP contribution in [0.5, 0.6) is 0 Å². The highest BCUT2D eigenvalue weighted by Crippen LogP contribution is 2.21. The van der Waals surface area contributed by atoms with Crippen LogP contribution < -0.4 is 10.6 Å². The molecule has 2 aromatic rings. The molecule has 1 heterocycles. The van der Waals surface area contributed by atoms with E-state index < -0.39 is 0 Å². The number of hydrogen-bond donors (Lipinski definition) is 2. The number of nitrogens with zero attached hydrogens (tertiary/aromatic N) is 1. The molecule has 1 atom stereocenters. The molecule has 1 aromatic heterocycles. The SMILES string of the molecule is CCNC(C)c1csc(NC(=O)c2ccc(C)c(C)c2)n1. The van der Waals surface area contributed by atoms with Crippen molar-refractivity contribution in [2.24, 2.45) is 0 Å². The molecule has 21 heavy (non-hydrogen) atoms. The monoisotopic (exact) mass is 303 g/mol. The van der Waals surface area contributed by atoms with Gasteiger partial charge in [-0.25, -0.2) is 4.98 Å². The highest BCUT2D eigenvalue weighted by molar-refractivity contribution is 7.14. The Hall–Kier alpha value is -1.72. The number of thiazole rings is 1. The highest BCUT2D eigenvalue weighted by Gasteiger charge is 2.12. The number of aromatic nitrogens is 1. The van der Waals surface area contributed by atoms with E-state index in [2.05, 4.69) is 29.5 Å². The lowest BCUT2D eigenvalue weighted by molar-refractivity contribution is 0.102. The zero-order chi connectivity index (χ0) is 15.4. The van der Waals surface area contributed by atoms with Gasteiger partial charge in [0.05, 0.1) is 5.69 Å². The topological polar surface area (TPSA) is 54.0 Å². The molecule has 0 fully saturated rings. The summed E-state index contributed by atoms with van der Waals surface area (Å²) >= 11 is 1.45. The summed E-state index contributed by atoms with van der Waals surface area (Å²) in [6, 6.07) is 5.90. The highest BCUT2D eigenvalue weighted by atomic mass is 32.1. The maximum absolute atomic E-state index is 12.2. The first-order valence-electron chi connectivity index (χ1n) is 7.08. The lowest BCUT2D eigenvalue weighted by Crippen LogP contribution is -2.18. The number of anilines is 1. The maximum Gasteiger partial charge on any atom is 0.257 e. The summed E-state index contributed by atoms with van der Waals surface area (Å²) in [4.78, 5) is 16.7. The van der Waals surface area contributed by atoms with Crippen molar-refractivity contribution < 1.29 is 4.79 Å². The van der Waals surface area contributed by atoms with Crippen LogP contribution in [0.15, 0.2) is 23.6 Å². The molecule has 5 heteroatoms. The number of aryl methyl sites for hydroxylation is 2. The van der Waals surface area contributed by atoms with Crippen LogP contribution in [-0.2, 0) is 0 Å². The minimum atomic E-state index is -0.116. The normalized spacial score (nSPS) is 12.2. The van der Waals surface area contributed by atoms with E-state index in [0.717, 1.165) is 17.8 Å². The van der Waals surface area contributed by atoms with Crippen LogP contribution in [0.3, 0.4) is 0 Å². The zero-order valence-corrected chi connectivity index (χ0v) is 13.7. The van der Waals surface area contributed by atoms with Gasteiger partial charge >= 0.3 is 0 Å². The van der Waals surface area contributed by atoms with Gasteiger partial charge in [0.25, 0.3) is 5.91 Å². The molecule has 0 saturated heterocycles. The van der Waals surface area contributed by atoms with E-state index in [0.29, 0.717) is 10.7 Å².